The lowest BCUT2D eigenvalue weighted by molar-refractivity contribution is -0.137. The van der Waals surface area contributed by atoms with Crippen molar-refractivity contribution in [2.45, 2.75) is 6.18 Å². The van der Waals surface area contributed by atoms with Gasteiger partial charge >= 0.3 is 6.18 Å². The maximum absolute atomic E-state index is 12.4. The van der Waals surface area contributed by atoms with E-state index in [1.807, 2.05) is 0 Å². The number of hydrazone groups is 1. The Bertz CT molecular complexity index is 698. The summed E-state index contributed by atoms with van der Waals surface area (Å²) in [6, 6.07) is 4.30. The van der Waals surface area contributed by atoms with E-state index in [1.165, 1.54) is 30.7 Å². The maximum Gasteiger partial charge on any atom is 0.416 e. The van der Waals surface area contributed by atoms with Crippen molar-refractivity contribution in [3.8, 4) is 0 Å². The number of amides is 1. The number of carbonyl (C=O) groups is 1. The SMILES string of the molecule is Nc1nccnc1C(=O)N/N=C\c1ccc(C(F)(F)F)cc1. The van der Waals surface area contributed by atoms with Crippen LogP contribution in [0.4, 0.5) is 19.0 Å². The number of alkyl halides is 3. The number of nitrogens with zero attached hydrogens (tertiary/aromatic N) is 3. The Kier molecular flexibility index (Phi) is 4.35. The average Bonchev–Trinajstić information content (AvgIpc) is 2.47. The first-order chi connectivity index (χ1) is 10.4. The van der Waals surface area contributed by atoms with Gasteiger partial charge in [-0.1, -0.05) is 12.1 Å². The van der Waals surface area contributed by atoms with Crippen LogP contribution in [-0.2, 0) is 6.18 Å². The molecule has 6 nitrogen and oxygen atoms in total. The molecule has 2 aromatic rings. The van der Waals surface area contributed by atoms with E-state index in [4.69, 9.17) is 5.73 Å². The van der Waals surface area contributed by atoms with Gasteiger partial charge in [-0.15, -0.1) is 0 Å². The number of nitrogen functional groups attached to an aromatic ring is 1. The Morgan fingerprint density at radius 1 is 1.18 bits per heavy atom. The predicted molar refractivity (Wildman–Crippen MR) is 72.9 cm³/mol. The zero-order valence-electron chi connectivity index (χ0n) is 11.0. The Balaban J connectivity index is 2.01. The van der Waals surface area contributed by atoms with Gasteiger partial charge in [0.15, 0.2) is 11.5 Å². The summed E-state index contributed by atoms with van der Waals surface area (Å²) in [7, 11) is 0. The Morgan fingerprint density at radius 2 is 1.82 bits per heavy atom. The van der Waals surface area contributed by atoms with Crippen LogP contribution in [0.3, 0.4) is 0 Å². The molecule has 1 aromatic carbocycles. The molecular weight excluding hydrogens is 299 g/mol. The summed E-state index contributed by atoms with van der Waals surface area (Å²) in [6.45, 7) is 0. The number of nitrogens with one attached hydrogen (secondary N) is 1. The molecule has 0 saturated heterocycles. The Hall–Kier alpha value is -2.97. The molecule has 1 amide bonds. The molecule has 22 heavy (non-hydrogen) atoms. The second-order valence-corrected chi connectivity index (χ2v) is 4.11. The molecule has 0 aliphatic heterocycles. The summed E-state index contributed by atoms with van der Waals surface area (Å²) in [6.07, 6.45) is -0.569. The number of hydrogen-bond donors (Lipinski definition) is 2. The van der Waals surface area contributed by atoms with Crippen LogP contribution in [0.1, 0.15) is 21.6 Å². The standard InChI is InChI=1S/C13H10F3N5O/c14-13(15,16)9-3-1-8(2-4-9)7-20-21-12(22)10-11(17)19-6-5-18-10/h1-7H,(H2,17,19)(H,21,22)/b20-7-. The van der Waals surface area contributed by atoms with Crippen molar-refractivity contribution in [1.82, 2.24) is 15.4 Å². The number of carbonyl (C=O) groups excluding carboxylic acids is 1. The Morgan fingerprint density at radius 3 is 2.41 bits per heavy atom. The predicted octanol–water partition coefficient (Wildman–Crippen LogP) is 1.84. The van der Waals surface area contributed by atoms with E-state index in [9.17, 15) is 18.0 Å². The molecule has 0 bridgehead atoms. The fourth-order valence-electron chi connectivity index (χ4n) is 1.50. The second-order valence-electron chi connectivity index (χ2n) is 4.11. The van der Waals surface area contributed by atoms with Crippen molar-refractivity contribution in [1.29, 1.82) is 0 Å². The van der Waals surface area contributed by atoms with Crippen molar-refractivity contribution in [3.05, 3.63) is 53.5 Å². The number of anilines is 1. The van der Waals surface area contributed by atoms with Crippen molar-refractivity contribution in [3.63, 3.8) is 0 Å². The Labute approximate surface area is 122 Å². The molecule has 2 rings (SSSR count). The van der Waals surface area contributed by atoms with Gasteiger partial charge in [0, 0.05) is 12.4 Å². The number of nitrogens with two attached hydrogens (primary N) is 1. The highest BCUT2D eigenvalue weighted by atomic mass is 19.4. The first-order valence-corrected chi connectivity index (χ1v) is 5.95. The van der Waals surface area contributed by atoms with Crippen molar-refractivity contribution >= 4 is 17.9 Å². The third-order valence-electron chi connectivity index (χ3n) is 2.56. The summed E-state index contributed by atoms with van der Waals surface area (Å²) in [5.74, 6) is -0.724. The van der Waals surface area contributed by atoms with Crippen LogP contribution in [0, 0.1) is 0 Å². The first kappa shape index (κ1) is 15.4. The molecule has 0 saturated carbocycles. The molecule has 0 radical (unpaired) electrons. The molecule has 0 fully saturated rings. The van der Waals surface area contributed by atoms with Crippen LogP contribution in [-0.4, -0.2) is 22.1 Å². The average molecular weight is 309 g/mol. The third kappa shape index (κ3) is 3.78. The molecule has 1 aromatic heterocycles. The van der Waals surface area contributed by atoms with Crippen LogP contribution in [0.5, 0.6) is 0 Å². The summed E-state index contributed by atoms with van der Waals surface area (Å²) >= 11 is 0. The summed E-state index contributed by atoms with van der Waals surface area (Å²) in [5.41, 5.74) is 7.16. The summed E-state index contributed by atoms with van der Waals surface area (Å²) < 4.78 is 37.2. The quantitative estimate of drug-likeness (QED) is 0.668. The third-order valence-corrected chi connectivity index (χ3v) is 2.56. The van der Waals surface area contributed by atoms with Gasteiger partial charge in [-0.2, -0.15) is 18.3 Å². The zero-order chi connectivity index (χ0) is 16.2. The van der Waals surface area contributed by atoms with E-state index in [0.29, 0.717) is 5.56 Å². The van der Waals surface area contributed by atoms with Crippen LogP contribution in [0.25, 0.3) is 0 Å². The van der Waals surface area contributed by atoms with Gasteiger partial charge in [-0.25, -0.2) is 15.4 Å². The molecule has 0 aliphatic carbocycles. The molecule has 0 aliphatic rings. The smallest absolute Gasteiger partial charge is 0.382 e. The van der Waals surface area contributed by atoms with Crippen LogP contribution >= 0.6 is 0 Å². The minimum atomic E-state index is -4.40. The molecule has 0 atom stereocenters. The van der Waals surface area contributed by atoms with Crippen LogP contribution in [0.15, 0.2) is 41.8 Å². The number of hydrogen-bond acceptors (Lipinski definition) is 5. The summed E-state index contributed by atoms with van der Waals surface area (Å²) in [5, 5.41) is 3.62. The van der Waals surface area contributed by atoms with Crippen LogP contribution < -0.4 is 11.2 Å². The normalized spacial score (nSPS) is 11.6. The van der Waals surface area contributed by atoms with E-state index in [0.717, 1.165) is 12.1 Å². The van der Waals surface area contributed by atoms with E-state index in [2.05, 4.69) is 20.5 Å². The highest BCUT2D eigenvalue weighted by molar-refractivity contribution is 5.96. The lowest BCUT2D eigenvalue weighted by Gasteiger charge is -2.05. The second kappa shape index (κ2) is 6.20. The lowest BCUT2D eigenvalue weighted by Crippen LogP contribution is -2.21. The van der Waals surface area contributed by atoms with E-state index in [-0.39, 0.29) is 11.5 Å². The van der Waals surface area contributed by atoms with Gasteiger partial charge in [0.25, 0.3) is 5.91 Å². The van der Waals surface area contributed by atoms with Crippen LogP contribution in [0.2, 0.25) is 0 Å². The number of rotatable bonds is 3. The highest BCUT2D eigenvalue weighted by Gasteiger charge is 2.29. The van der Waals surface area contributed by atoms with E-state index in [1.54, 1.807) is 0 Å². The molecule has 3 N–H and O–H groups in total. The van der Waals surface area contributed by atoms with Crippen molar-refractivity contribution in [2.24, 2.45) is 5.10 Å². The molecule has 9 heteroatoms. The largest absolute Gasteiger partial charge is 0.416 e. The fourth-order valence-corrected chi connectivity index (χ4v) is 1.50. The van der Waals surface area contributed by atoms with Gasteiger partial charge in [0.2, 0.25) is 0 Å². The van der Waals surface area contributed by atoms with Gasteiger partial charge < -0.3 is 5.73 Å². The number of aromatic nitrogens is 2. The zero-order valence-corrected chi connectivity index (χ0v) is 11.0. The molecule has 0 spiro atoms. The first-order valence-electron chi connectivity index (χ1n) is 5.95. The molecular formula is C13H10F3N5O. The van der Waals surface area contributed by atoms with E-state index >= 15 is 0 Å². The lowest BCUT2D eigenvalue weighted by atomic mass is 10.1. The van der Waals surface area contributed by atoms with Crippen molar-refractivity contribution < 1.29 is 18.0 Å². The molecule has 1 heterocycles. The fraction of sp³-hybridized carbons (Fsp3) is 0.0769. The minimum Gasteiger partial charge on any atom is -0.382 e. The highest BCUT2D eigenvalue weighted by Crippen LogP contribution is 2.28. The van der Waals surface area contributed by atoms with Gasteiger partial charge in [-0.05, 0) is 17.7 Å². The summed E-state index contributed by atoms with van der Waals surface area (Å²) in [4.78, 5) is 19.1. The van der Waals surface area contributed by atoms with Gasteiger partial charge in [0.05, 0.1) is 11.8 Å². The maximum atomic E-state index is 12.4. The topological polar surface area (TPSA) is 93.3 Å². The van der Waals surface area contributed by atoms with Crippen molar-refractivity contribution in [2.75, 3.05) is 5.73 Å². The van der Waals surface area contributed by atoms with Gasteiger partial charge in [-0.3, -0.25) is 4.79 Å². The number of benzene rings is 1. The minimum absolute atomic E-state index is 0.0512. The molecule has 114 valence electrons. The van der Waals surface area contributed by atoms with E-state index < -0.39 is 17.6 Å². The number of halogens is 3. The molecule has 0 unspecified atom stereocenters. The van der Waals surface area contributed by atoms with Gasteiger partial charge in [0.1, 0.15) is 0 Å². The monoisotopic (exact) mass is 309 g/mol.